The minimum absolute atomic E-state index is 0.0452. The van der Waals surface area contributed by atoms with Crippen LogP contribution in [0.2, 0.25) is 0 Å². The van der Waals surface area contributed by atoms with Crippen LogP contribution in [0.25, 0.3) is 33.4 Å². The Morgan fingerprint density at radius 2 is 0.444 bits per heavy atom. The average molecular weight is 1740 g/mol. The van der Waals surface area contributed by atoms with E-state index in [1.165, 1.54) is 167 Å². The lowest BCUT2D eigenvalue weighted by atomic mass is 9.57. The Balaban J connectivity index is 0.000000145. The van der Waals surface area contributed by atoms with Gasteiger partial charge in [0.2, 0.25) is 0 Å². The van der Waals surface area contributed by atoms with Gasteiger partial charge in [0, 0.05) is 17.8 Å². The van der Waals surface area contributed by atoms with Crippen molar-refractivity contribution < 1.29 is 0 Å². The Hall–Kier alpha value is -11.7. The predicted octanol–water partition coefficient (Wildman–Crippen LogP) is 36.2. The molecule has 0 saturated heterocycles. The molecule has 12 aromatic rings. The van der Waals surface area contributed by atoms with E-state index in [9.17, 15) is 0 Å². The Morgan fingerprint density at radius 3 is 0.677 bits per heavy atom. The fourth-order valence-electron chi connectivity index (χ4n) is 23.0. The van der Waals surface area contributed by atoms with Gasteiger partial charge < -0.3 is 0 Å². The molecule has 0 unspecified atom stereocenters. The lowest BCUT2D eigenvalue weighted by molar-refractivity contribution is 0.399. The minimum atomic E-state index is -0.400. The number of hydrogen-bond acceptors (Lipinski definition) is 0. The van der Waals surface area contributed by atoms with Crippen molar-refractivity contribution in [3.8, 4) is 33.4 Å². The molecule has 0 saturated carbocycles. The first kappa shape index (κ1) is 94.5. The van der Waals surface area contributed by atoms with Crippen LogP contribution in [-0.4, -0.2) is 0 Å². The number of allylic oxidation sites excluding steroid dienone is 15. The fraction of sp³-hybridized carbons (Fsp3) is 0.323. The topological polar surface area (TPSA) is 0 Å². The van der Waals surface area contributed by atoms with E-state index in [4.69, 9.17) is 0 Å². The molecule has 6 aliphatic carbocycles. The van der Waals surface area contributed by atoms with Crippen molar-refractivity contribution in [2.24, 2.45) is 5.41 Å². The Bertz CT molecular complexity index is 6160. The largest absolute Gasteiger partial charge is 0.103 e. The molecular weight excluding hydrogens is 1600 g/mol. The fourth-order valence-corrected chi connectivity index (χ4v) is 23.0. The van der Waals surface area contributed by atoms with Crippen LogP contribution >= 0.6 is 0 Å². The van der Waals surface area contributed by atoms with E-state index < -0.39 is 5.41 Å². The van der Waals surface area contributed by atoms with Gasteiger partial charge in [-0.2, -0.15) is 0 Å². The van der Waals surface area contributed by atoms with Crippen molar-refractivity contribution >= 4 is 0 Å². The van der Waals surface area contributed by atoms with Crippen molar-refractivity contribution in [3.63, 3.8) is 0 Å². The molecule has 0 aromatic heterocycles. The summed E-state index contributed by atoms with van der Waals surface area (Å²) in [5, 5.41) is 0. The highest BCUT2D eigenvalue weighted by atomic mass is 14.6. The molecule has 0 atom stereocenters. The van der Waals surface area contributed by atoms with E-state index in [-0.39, 0.29) is 66.5 Å². The number of hydrogen-bond donors (Lipinski definition) is 0. The highest BCUT2D eigenvalue weighted by molar-refractivity contribution is 5.86. The second-order valence-corrected chi connectivity index (χ2v) is 45.9. The maximum absolute atomic E-state index is 4.03. The third kappa shape index (κ3) is 18.1. The summed E-state index contributed by atoms with van der Waals surface area (Å²) in [5.74, 6) is 0.376. The maximum Gasteiger partial charge on any atom is 0.0526 e. The van der Waals surface area contributed by atoms with E-state index in [0.29, 0.717) is 0 Å². The summed E-state index contributed by atoms with van der Waals surface area (Å²) in [5.41, 5.74) is 41.7. The summed E-state index contributed by atoms with van der Waals surface area (Å²) in [7, 11) is 0. The summed E-state index contributed by atoms with van der Waals surface area (Å²) >= 11 is 0. The molecule has 0 N–H and O–H groups in total. The monoisotopic (exact) mass is 1740 g/mol. The normalized spacial score (nSPS) is 15.2. The van der Waals surface area contributed by atoms with Crippen molar-refractivity contribution in [1.82, 2.24) is 0 Å². The molecule has 0 heteroatoms. The molecule has 678 valence electrons. The summed E-state index contributed by atoms with van der Waals surface area (Å²) in [6, 6.07) is 112. The van der Waals surface area contributed by atoms with Crippen LogP contribution in [0.3, 0.4) is 0 Å². The van der Waals surface area contributed by atoms with E-state index in [0.717, 1.165) is 64.2 Å². The van der Waals surface area contributed by atoms with Crippen LogP contribution in [0.15, 0.2) is 399 Å². The highest BCUT2D eigenvalue weighted by Crippen LogP contribution is 2.67. The van der Waals surface area contributed by atoms with Crippen molar-refractivity contribution in [3.05, 3.63) is 499 Å². The standard InChI is InChI=1S/C46H52.C44H48.C43H46/c1-10-11-28-45(8,9)36-22-23-37(29-36)46(32-18-14-12-15-19-32,33-20-16-13-17-21-33)42-40-30-34(43(2,3)4)24-26-38(40)39-27-25-35(31-41(39)42)44(5,6)7;1-8-9-12-17-31-22-23-36(28-31)44(32-18-13-10-14-19-32,33-20-15-11-16-21-33)41-39-29-34(42(2,3)4)24-26-37(39)38-27-25-35(30-40(38)41)43(5,6)7;1-8-9-16-30-21-22-35(27-30)43(31-17-12-10-13-18-31,32-19-14-11-15-20-32)40-38-28-33(41(2,3)4)23-25-36(38)37-26-24-34(29-39(37)40)42(5,6)7/h10,12-27,30-31,42H,1,11,28-29H2,2-9H3;8,10-11,13-16,18-27,29-30,41H,1,9,12,17,28H2,2-7H3;8,10-15,17-26,28-29,40H,1,9,16,27H2,2-7H3. The van der Waals surface area contributed by atoms with Crippen LogP contribution in [0.4, 0.5) is 0 Å². The first-order valence-corrected chi connectivity index (χ1v) is 49.6. The molecule has 6 aliphatic rings. The first-order chi connectivity index (χ1) is 63.4. The summed E-state index contributed by atoms with van der Waals surface area (Å²) in [6.07, 6.45) is 31.3. The SMILES string of the molecule is C=CCCC(C)(C)C1=CC=C(C(c2ccccc2)(c2ccccc2)C2c3cc(C(C)(C)C)ccc3-c3ccc(C(C)(C)C)cc32)C1.C=CCCC1=CC=C(C(c2ccccc2)(c2ccccc2)C2c3cc(C(C)(C)C)ccc3-c3ccc(C(C)(C)C)cc32)C1.C=CCCCC1=CC=C(C(c2ccccc2)(c2ccccc2)C2c3cc(C(C)(C)C)ccc3-c3ccc(C(C)(C)C)cc32)C1. The first-order valence-electron chi connectivity index (χ1n) is 49.6. The van der Waals surface area contributed by atoms with Gasteiger partial charge in [0.25, 0.3) is 0 Å². The van der Waals surface area contributed by atoms with Gasteiger partial charge in [-0.25, -0.2) is 0 Å². The van der Waals surface area contributed by atoms with Crippen LogP contribution in [0.5, 0.6) is 0 Å². The van der Waals surface area contributed by atoms with Gasteiger partial charge in [-0.3, -0.25) is 0 Å². The molecule has 18 rings (SSSR count). The van der Waals surface area contributed by atoms with Gasteiger partial charge in [0.1, 0.15) is 0 Å². The summed E-state index contributed by atoms with van der Waals surface area (Å²) < 4.78 is 0. The van der Waals surface area contributed by atoms with Gasteiger partial charge >= 0.3 is 0 Å². The smallest absolute Gasteiger partial charge is 0.0526 e. The zero-order valence-corrected chi connectivity index (χ0v) is 83.8. The van der Waals surface area contributed by atoms with E-state index >= 15 is 0 Å². The van der Waals surface area contributed by atoms with Crippen LogP contribution in [0, 0.1) is 5.41 Å². The van der Waals surface area contributed by atoms with E-state index in [2.05, 4.69) is 492 Å². The predicted molar refractivity (Wildman–Crippen MR) is 573 cm³/mol. The molecule has 0 amide bonds. The zero-order valence-electron chi connectivity index (χ0n) is 83.8. The third-order valence-electron chi connectivity index (χ3n) is 30.6. The molecule has 0 heterocycles. The number of benzene rings is 12. The molecular formula is C133H146. The van der Waals surface area contributed by atoms with Crippen molar-refractivity contribution in [2.45, 2.75) is 269 Å². The number of unbranched alkanes of at least 4 members (excludes halogenated alkanes) is 1. The Morgan fingerprint density at radius 1 is 0.226 bits per heavy atom. The number of rotatable bonds is 23. The highest BCUT2D eigenvalue weighted by Gasteiger charge is 2.56. The second-order valence-electron chi connectivity index (χ2n) is 45.9. The summed E-state index contributed by atoms with van der Waals surface area (Å²) in [4.78, 5) is 0. The van der Waals surface area contributed by atoms with Crippen LogP contribution < -0.4 is 0 Å². The zero-order chi connectivity index (χ0) is 94.4. The quantitative estimate of drug-likeness (QED) is 0.0442. The Kier molecular flexibility index (Phi) is 26.5. The maximum atomic E-state index is 4.03. The average Bonchev–Trinajstić information content (AvgIpc) is 1.55. The molecule has 0 nitrogen and oxygen atoms in total. The van der Waals surface area contributed by atoms with Gasteiger partial charge in [0.05, 0.1) is 16.2 Å². The van der Waals surface area contributed by atoms with Crippen molar-refractivity contribution in [2.75, 3.05) is 0 Å². The molecule has 0 radical (unpaired) electrons. The second kappa shape index (κ2) is 37.3. The molecule has 0 spiro atoms. The summed E-state index contributed by atoms with van der Waals surface area (Å²) in [6.45, 7) is 58.9. The van der Waals surface area contributed by atoms with Gasteiger partial charge in [0.15, 0.2) is 0 Å². The Labute approximate surface area is 801 Å². The van der Waals surface area contributed by atoms with Gasteiger partial charge in [-0.15, -0.1) is 19.7 Å². The molecule has 0 bridgehead atoms. The third-order valence-corrected chi connectivity index (χ3v) is 30.6. The minimum Gasteiger partial charge on any atom is -0.103 e. The molecule has 133 heavy (non-hydrogen) atoms. The molecule has 12 aromatic carbocycles. The molecule has 0 fully saturated rings. The van der Waals surface area contributed by atoms with Crippen LogP contribution in [0.1, 0.15) is 321 Å². The van der Waals surface area contributed by atoms with E-state index in [1.807, 2.05) is 12.2 Å². The van der Waals surface area contributed by atoms with Crippen molar-refractivity contribution in [1.29, 1.82) is 0 Å². The molecule has 0 aliphatic heterocycles. The number of fused-ring (bicyclic) bond motifs is 9. The van der Waals surface area contributed by atoms with Gasteiger partial charge in [-0.05, 0) is 236 Å². The lowest BCUT2D eigenvalue weighted by Crippen LogP contribution is -2.37. The van der Waals surface area contributed by atoms with Crippen LogP contribution in [-0.2, 0) is 48.7 Å². The lowest BCUT2D eigenvalue weighted by Gasteiger charge is -2.44. The van der Waals surface area contributed by atoms with E-state index in [1.54, 1.807) is 0 Å². The van der Waals surface area contributed by atoms with Gasteiger partial charge in [-0.1, -0.05) is 518 Å².